The van der Waals surface area contributed by atoms with Gasteiger partial charge < -0.3 is 15.4 Å². The first-order valence-electron chi connectivity index (χ1n) is 11.3. The average molecular weight is 522 g/mol. The number of aromatic nitrogens is 2. The molecule has 1 amide bonds. The number of carbonyl (C=O) groups is 1. The van der Waals surface area contributed by atoms with Crippen LogP contribution >= 0.6 is 11.3 Å². The molecule has 4 aromatic rings. The highest BCUT2D eigenvalue weighted by Crippen LogP contribution is 2.31. The van der Waals surface area contributed by atoms with Crippen molar-refractivity contribution in [3.63, 3.8) is 0 Å². The van der Waals surface area contributed by atoms with E-state index in [0.29, 0.717) is 23.1 Å². The van der Waals surface area contributed by atoms with E-state index in [1.807, 2.05) is 17.5 Å². The Morgan fingerprint density at radius 2 is 1.86 bits per heavy atom. The van der Waals surface area contributed by atoms with Crippen LogP contribution in [0.5, 0.6) is 0 Å². The van der Waals surface area contributed by atoms with Crippen molar-refractivity contribution in [3.05, 3.63) is 83.4 Å². The van der Waals surface area contributed by atoms with Crippen LogP contribution in [0.15, 0.2) is 81.5 Å². The lowest BCUT2D eigenvalue weighted by atomic mass is 10.1. The van der Waals surface area contributed by atoms with Crippen LogP contribution in [0.1, 0.15) is 18.1 Å². The van der Waals surface area contributed by atoms with Crippen LogP contribution in [0.25, 0.3) is 10.4 Å². The van der Waals surface area contributed by atoms with Gasteiger partial charge in [0.05, 0.1) is 21.9 Å². The minimum absolute atomic E-state index is 0.174. The molecule has 0 aliphatic rings. The summed E-state index contributed by atoms with van der Waals surface area (Å²) in [5, 5.41) is 8.65. The van der Waals surface area contributed by atoms with Crippen molar-refractivity contribution in [1.29, 1.82) is 0 Å². The molecule has 2 heterocycles. The molecular formula is C26H27N5O3S2. The van der Waals surface area contributed by atoms with E-state index in [9.17, 15) is 9.00 Å². The zero-order valence-electron chi connectivity index (χ0n) is 20.2. The van der Waals surface area contributed by atoms with E-state index >= 15 is 0 Å². The van der Waals surface area contributed by atoms with Crippen LogP contribution in [-0.4, -0.2) is 33.1 Å². The molecule has 4 rings (SSSR count). The molecule has 186 valence electrons. The number of benzene rings is 2. The zero-order valence-corrected chi connectivity index (χ0v) is 21.9. The summed E-state index contributed by atoms with van der Waals surface area (Å²) in [6.07, 6.45) is 2.37. The van der Waals surface area contributed by atoms with E-state index in [4.69, 9.17) is 9.72 Å². The molecule has 0 saturated heterocycles. The third-order valence-electron chi connectivity index (χ3n) is 5.22. The fourth-order valence-corrected chi connectivity index (χ4v) is 5.17. The summed E-state index contributed by atoms with van der Waals surface area (Å²) >= 11 is 1.63. The van der Waals surface area contributed by atoms with E-state index in [0.717, 1.165) is 21.8 Å². The molecule has 2 aromatic heterocycles. The standard InChI is InChI=1S/C26H27N5O3S2/c1-4-34-26(32)31-36(3,33)21-13-11-20(12-14-21)29-25-28-17-22(23-6-5-15-35-23)24(30-25)27-16-19-9-7-18(2)8-10-19/h5-15,17H,4,16H2,1-3H3,(H2,27,28,29,30). The van der Waals surface area contributed by atoms with Gasteiger partial charge in [-0.25, -0.2) is 14.0 Å². The summed E-state index contributed by atoms with van der Waals surface area (Å²) in [5.74, 6) is 1.14. The molecule has 2 N–H and O–H groups in total. The van der Waals surface area contributed by atoms with Gasteiger partial charge in [-0.05, 0) is 55.1 Å². The van der Waals surface area contributed by atoms with Gasteiger partial charge in [-0.1, -0.05) is 35.9 Å². The number of nitrogens with zero attached hydrogens (tertiary/aromatic N) is 3. The number of aryl methyl sites for hydroxylation is 1. The van der Waals surface area contributed by atoms with Crippen molar-refractivity contribution in [3.8, 4) is 10.4 Å². The van der Waals surface area contributed by atoms with Crippen molar-refractivity contribution in [1.82, 2.24) is 9.97 Å². The molecule has 0 aliphatic carbocycles. The number of nitrogens with one attached hydrogen (secondary N) is 2. The van der Waals surface area contributed by atoms with Crippen LogP contribution in [0, 0.1) is 6.92 Å². The summed E-state index contributed by atoms with van der Waals surface area (Å²) in [5.41, 5.74) is 3.99. The molecule has 8 nitrogen and oxygen atoms in total. The summed E-state index contributed by atoms with van der Waals surface area (Å²) in [7, 11) is -2.91. The molecule has 0 spiro atoms. The molecule has 0 bridgehead atoms. The quantitative estimate of drug-likeness (QED) is 0.273. The highest BCUT2D eigenvalue weighted by atomic mass is 32.2. The summed E-state index contributed by atoms with van der Waals surface area (Å²) in [6, 6.07) is 19.2. The van der Waals surface area contributed by atoms with Crippen molar-refractivity contribution < 1.29 is 13.7 Å². The first kappa shape index (κ1) is 25.3. The van der Waals surface area contributed by atoms with Gasteiger partial charge in [-0.2, -0.15) is 4.98 Å². The van der Waals surface area contributed by atoms with E-state index in [-0.39, 0.29) is 6.61 Å². The van der Waals surface area contributed by atoms with Crippen molar-refractivity contribution >= 4 is 44.6 Å². The van der Waals surface area contributed by atoms with E-state index in [1.165, 1.54) is 11.8 Å². The number of ether oxygens (including phenoxy) is 1. The number of thiophene rings is 1. The van der Waals surface area contributed by atoms with E-state index in [1.54, 1.807) is 48.7 Å². The Morgan fingerprint density at radius 1 is 1.11 bits per heavy atom. The second-order valence-electron chi connectivity index (χ2n) is 8.01. The van der Waals surface area contributed by atoms with Crippen LogP contribution in [0.2, 0.25) is 0 Å². The zero-order chi connectivity index (χ0) is 25.5. The second kappa shape index (κ2) is 11.3. The molecule has 0 radical (unpaired) electrons. The molecule has 0 saturated carbocycles. The fraction of sp³-hybridized carbons (Fsp3) is 0.192. The number of hydrogen-bond donors (Lipinski definition) is 2. The maximum absolute atomic E-state index is 12.8. The van der Waals surface area contributed by atoms with Crippen LogP contribution in [0.3, 0.4) is 0 Å². The Hall–Kier alpha value is -3.76. The summed E-state index contributed by atoms with van der Waals surface area (Å²) in [4.78, 5) is 22.4. The van der Waals surface area contributed by atoms with Gasteiger partial charge in [0.2, 0.25) is 5.95 Å². The normalized spacial score (nSPS) is 12.4. The maximum atomic E-state index is 12.8. The number of carbonyl (C=O) groups excluding carboxylic acids is 1. The summed E-state index contributed by atoms with van der Waals surface area (Å²) in [6.45, 7) is 4.53. The molecule has 0 fully saturated rings. The highest BCUT2D eigenvalue weighted by Gasteiger charge is 2.13. The van der Waals surface area contributed by atoms with Crippen LogP contribution in [0.4, 0.5) is 22.2 Å². The first-order valence-corrected chi connectivity index (χ1v) is 14.1. The minimum atomic E-state index is -2.91. The Bertz CT molecular complexity index is 1440. The molecule has 1 atom stereocenters. The van der Waals surface area contributed by atoms with Crippen LogP contribution < -0.4 is 10.6 Å². The predicted octanol–water partition coefficient (Wildman–Crippen LogP) is 6.48. The number of rotatable bonds is 8. The summed E-state index contributed by atoms with van der Waals surface area (Å²) < 4.78 is 21.3. The van der Waals surface area contributed by atoms with Crippen molar-refractivity contribution in [2.75, 3.05) is 23.5 Å². The second-order valence-corrected chi connectivity index (χ2v) is 11.2. The molecule has 1 unspecified atom stereocenters. The Labute approximate surface area is 215 Å². The van der Waals surface area contributed by atoms with Gasteiger partial charge >= 0.3 is 6.09 Å². The molecule has 0 aliphatic heterocycles. The largest absolute Gasteiger partial charge is 0.448 e. The minimum Gasteiger partial charge on any atom is -0.448 e. The van der Waals surface area contributed by atoms with Gasteiger partial charge in [-0.15, -0.1) is 15.7 Å². The lowest BCUT2D eigenvalue weighted by Crippen LogP contribution is -2.07. The van der Waals surface area contributed by atoms with E-state index in [2.05, 4.69) is 51.2 Å². The average Bonchev–Trinajstić information content (AvgIpc) is 3.39. The number of amides is 1. The molecule has 36 heavy (non-hydrogen) atoms. The topological polar surface area (TPSA) is 106 Å². The molecule has 10 heteroatoms. The Kier molecular flexibility index (Phi) is 7.97. The highest BCUT2D eigenvalue weighted by molar-refractivity contribution is 7.93. The van der Waals surface area contributed by atoms with E-state index < -0.39 is 15.8 Å². The third kappa shape index (κ3) is 6.46. The first-order chi connectivity index (χ1) is 17.3. The SMILES string of the molecule is CCOC(=O)N=S(C)(=O)c1ccc(Nc2ncc(-c3cccs3)c(NCc3ccc(C)cc3)n2)cc1. The lowest BCUT2D eigenvalue weighted by Gasteiger charge is -2.13. The van der Waals surface area contributed by atoms with Gasteiger partial charge in [0.1, 0.15) is 5.82 Å². The smallest absolute Gasteiger partial charge is 0.442 e. The van der Waals surface area contributed by atoms with Gasteiger partial charge in [0, 0.05) is 34.5 Å². The predicted molar refractivity (Wildman–Crippen MR) is 145 cm³/mol. The van der Waals surface area contributed by atoms with Gasteiger partial charge in [0.15, 0.2) is 0 Å². The lowest BCUT2D eigenvalue weighted by molar-refractivity contribution is 0.164. The van der Waals surface area contributed by atoms with Crippen molar-refractivity contribution in [2.45, 2.75) is 25.3 Å². The molecular weight excluding hydrogens is 494 g/mol. The Balaban J connectivity index is 1.55. The fourth-order valence-electron chi connectivity index (χ4n) is 3.35. The number of hydrogen-bond acceptors (Lipinski definition) is 8. The Morgan fingerprint density at radius 3 is 2.53 bits per heavy atom. The maximum Gasteiger partial charge on any atom is 0.442 e. The van der Waals surface area contributed by atoms with Crippen LogP contribution in [-0.2, 0) is 21.0 Å². The molecule has 2 aromatic carbocycles. The van der Waals surface area contributed by atoms with Gasteiger partial charge in [0.25, 0.3) is 0 Å². The monoisotopic (exact) mass is 521 g/mol. The van der Waals surface area contributed by atoms with Gasteiger partial charge in [-0.3, -0.25) is 0 Å². The third-order valence-corrected chi connectivity index (χ3v) is 7.77. The van der Waals surface area contributed by atoms with Crippen molar-refractivity contribution in [2.24, 2.45) is 4.36 Å². The number of anilines is 3.